The van der Waals surface area contributed by atoms with Crippen molar-refractivity contribution in [3.05, 3.63) is 35.1 Å². The SMILES string of the molecule is CCCCCCCCC(=O)c1ccc(F)c(F)c1F. The zero-order valence-electron chi connectivity index (χ0n) is 11.1. The van der Waals surface area contributed by atoms with Crippen LogP contribution in [0.2, 0.25) is 0 Å². The summed E-state index contributed by atoms with van der Waals surface area (Å²) in [5.74, 6) is -4.69. The van der Waals surface area contributed by atoms with E-state index < -0.39 is 23.2 Å². The molecule has 0 atom stereocenters. The standard InChI is InChI=1S/C15H19F3O/c1-2-3-4-5-6-7-8-13(19)11-9-10-12(16)15(18)14(11)17/h9-10H,2-8H2,1H3. The number of ketones is 1. The molecule has 1 nitrogen and oxygen atoms in total. The van der Waals surface area contributed by atoms with E-state index >= 15 is 0 Å². The van der Waals surface area contributed by atoms with Crippen molar-refractivity contribution >= 4 is 5.78 Å². The van der Waals surface area contributed by atoms with Gasteiger partial charge in [0.05, 0.1) is 5.56 Å². The molecule has 0 saturated heterocycles. The Morgan fingerprint density at radius 1 is 0.947 bits per heavy atom. The molecule has 0 N–H and O–H groups in total. The first kappa shape index (κ1) is 15.7. The third kappa shape index (κ3) is 4.69. The minimum atomic E-state index is -1.58. The second kappa shape index (κ2) is 7.97. The lowest BCUT2D eigenvalue weighted by molar-refractivity contribution is 0.0974. The van der Waals surface area contributed by atoms with Crippen molar-refractivity contribution in [2.75, 3.05) is 0 Å². The van der Waals surface area contributed by atoms with Crippen molar-refractivity contribution in [3.8, 4) is 0 Å². The maximum absolute atomic E-state index is 13.4. The van der Waals surface area contributed by atoms with E-state index in [9.17, 15) is 18.0 Å². The van der Waals surface area contributed by atoms with E-state index in [1.807, 2.05) is 0 Å². The van der Waals surface area contributed by atoms with Crippen LogP contribution in [0.5, 0.6) is 0 Å². The van der Waals surface area contributed by atoms with Crippen LogP contribution < -0.4 is 0 Å². The van der Waals surface area contributed by atoms with E-state index in [1.54, 1.807) is 0 Å². The van der Waals surface area contributed by atoms with Gasteiger partial charge in [-0.3, -0.25) is 4.79 Å². The molecule has 19 heavy (non-hydrogen) atoms. The summed E-state index contributed by atoms with van der Waals surface area (Å²) >= 11 is 0. The highest BCUT2D eigenvalue weighted by Gasteiger charge is 2.18. The van der Waals surface area contributed by atoms with Crippen molar-refractivity contribution in [2.24, 2.45) is 0 Å². The molecule has 0 aliphatic carbocycles. The first-order valence-corrected chi connectivity index (χ1v) is 6.74. The molecule has 1 rings (SSSR count). The highest BCUT2D eigenvalue weighted by atomic mass is 19.2. The normalized spacial score (nSPS) is 10.7. The van der Waals surface area contributed by atoms with Gasteiger partial charge < -0.3 is 0 Å². The Morgan fingerprint density at radius 3 is 2.26 bits per heavy atom. The van der Waals surface area contributed by atoms with E-state index in [1.165, 1.54) is 6.42 Å². The molecule has 0 aromatic heterocycles. The van der Waals surface area contributed by atoms with Crippen LogP contribution in [0.1, 0.15) is 62.2 Å². The van der Waals surface area contributed by atoms with Crippen LogP contribution in [0, 0.1) is 17.5 Å². The predicted octanol–water partition coefficient (Wildman–Crippen LogP) is 5.04. The molecule has 0 radical (unpaired) electrons. The first-order chi connectivity index (χ1) is 9.07. The number of rotatable bonds is 8. The van der Waals surface area contributed by atoms with Crippen molar-refractivity contribution in [3.63, 3.8) is 0 Å². The van der Waals surface area contributed by atoms with Gasteiger partial charge in [0.15, 0.2) is 23.2 Å². The van der Waals surface area contributed by atoms with Crippen molar-refractivity contribution in [2.45, 2.75) is 51.9 Å². The number of hydrogen-bond donors (Lipinski definition) is 0. The van der Waals surface area contributed by atoms with Crippen LogP contribution in [0.3, 0.4) is 0 Å². The molecule has 0 saturated carbocycles. The van der Waals surface area contributed by atoms with Gasteiger partial charge in [0.25, 0.3) is 0 Å². The van der Waals surface area contributed by atoms with Crippen LogP contribution in [0.15, 0.2) is 12.1 Å². The molecule has 1 aromatic rings. The summed E-state index contributed by atoms with van der Waals surface area (Å²) in [7, 11) is 0. The lowest BCUT2D eigenvalue weighted by Crippen LogP contribution is -2.05. The molecular formula is C15H19F3O. The molecule has 4 heteroatoms. The van der Waals surface area contributed by atoms with Gasteiger partial charge in [-0.2, -0.15) is 0 Å². The molecule has 0 amide bonds. The second-order valence-electron chi connectivity index (χ2n) is 4.66. The molecule has 0 aliphatic heterocycles. The Balaban J connectivity index is 2.44. The third-order valence-electron chi connectivity index (χ3n) is 3.09. The zero-order chi connectivity index (χ0) is 14.3. The smallest absolute Gasteiger partial charge is 0.195 e. The molecule has 0 bridgehead atoms. The minimum Gasteiger partial charge on any atom is -0.294 e. The molecule has 0 heterocycles. The fourth-order valence-corrected chi connectivity index (χ4v) is 1.94. The van der Waals surface area contributed by atoms with Crippen LogP contribution in [-0.2, 0) is 0 Å². The summed E-state index contributed by atoms with van der Waals surface area (Å²) in [4.78, 5) is 11.7. The molecule has 106 valence electrons. The zero-order valence-corrected chi connectivity index (χ0v) is 11.1. The van der Waals surface area contributed by atoms with Crippen molar-refractivity contribution < 1.29 is 18.0 Å². The second-order valence-corrected chi connectivity index (χ2v) is 4.66. The van der Waals surface area contributed by atoms with Gasteiger partial charge in [-0.15, -0.1) is 0 Å². The van der Waals surface area contributed by atoms with Gasteiger partial charge in [0.1, 0.15) is 0 Å². The van der Waals surface area contributed by atoms with Crippen LogP contribution in [-0.4, -0.2) is 5.78 Å². The maximum atomic E-state index is 13.4. The Bertz CT molecular complexity index is 430. The van der Waals surface area contributed by atoms with Crippen LogP contribution >= 0.6 is 0 Å². The summed E-state index contributed by atoms with van der Waals surface area (Å²) in [6, 6.07) is 1.79. The summed E-state index contributed by atoms with van der Waals surface area (Å²) < 4.78 is 39.1. The number of carbonyl (C=O) groups excluding carboxylic acids is 1. The van der Waals surface area contributed by atoms with E-state index in [-0.39, 0.29) is 12.0 Å². The van der Waals surface area contributed by atoms with Gasteiger partial charge in [-0.05, 0) is 18.6 Å². The summed E-state index contributed by atoms with van der Waals surface area (Å²) in [6.07, 6.45) is 6.22. The predicted molar refractivity (Wildman–Crippen MR) is 68.6 cm³/mol. The summed E-state index contributed by atoms with van der Waals surface area (Å²) in [6.45, 7) is 2.12. The topological polar surface area (TPSA) is 17.1 Å². The van der Waals surface area contributed by atoms with E-state index in [0.29, 0.717) is 6.42 Å². The number of benzene rings is 1. The molecule has 0 spiro atoms. The molecule has 1 aromatic carbocycles. The fourth-order valence-electron chi connectivity index (χ4n) is 1.94. The Hall–Kier alpha value is -1.32. The van der Waals surface area contributed by atoms with Gasteiger partial charge in [-0.1, -0.05) is 39.0 Å². The number of halogens is 3. The number of unbranched alkanes of at least 4 members (excludes halogenated alkanes) is 5. The number of carbonyl (C=O) groups is 1. The highest BCUT2D eigenvalue weighted by Crippen LogP contribution is 2.18. The van der Waals surface area contributed by atoms with E-state index in [4.69, 9.17) is 0 Å². The Labute approximate surface area is 111 Å². The average Bonchev–Trinajstić information content (AvgIpc) is 2.40. The lowest BCUT2D eigenvalue weighted by Gasteiger charge is -2.04. The van der Waals surface area contributed by atoms with E-state index in [2.05, 4.69) is 6.92 Å². The number of hydrogen-bond acceptors (Lipinski definition) is 1. The average molecular weight is 272 g/mol. The molecular weight excluding hydrogens is 253 g/mol. The Morgan fingerprint density at radius 2 is 1.58 bits per heavy atom. The van der Waals surface area contributed by atoms with E-state index in [0.717, 1.165) is 37.8 Å². The summed E-state index contributed by atoms with van der Waals surface area (Å²) in [5, 5.41) is 0. The third-order valence-corrected chi connectivity index (χ3v) is 3.09. The van der Waals surface area contributed by atoms with Gasteiger partial charge in [-0.25, -0.2) is 13.2 Å². The quantitative estimate of drug-likeness (QED) is 0.368. The fraction of sp³-hybridized carbons (Fsp3) is 0.533. The summed E-state index contributed by atoms with van der Waals surface area (Å²) in [5.41, 5.74) is -0.354. The largest absolute Gasteiger partial charge is 0.294 e. The van der Waals surface area contributed by atoms with Gasteiger partial charge in [0, 0.05) is 6.42 Å². The minimum absolute atomic E-state index is 0.175. The Kier molecular flexibility index (Phi) is 6.60. The molecule has 0 unspecified atom stereocenters. The van der Waals surface area contributed by atoms with Gasteiger partial charge >= 0.3 is 0 Å². The monoisotopic (exact) mass is 272 g/mol. The van der Waals surface area contributed by atoms with Crippen LogP contribution in [0.25, 0.3) is 0 Å². The number of Topliss-reactive ketones (excluding diaryl/α,β-unsaturated/α-hetero) is 1. The highest BCUT2D eigenvalue weighted by molar-refractivity contribution is 5.96. The maximum Gasteiger partial charge on any atom is 0.195 e. The first-order valence-electron chi connectivity index (χ1n) is 6.74. The molecule has 0 aliphatic rings. The lowest BCUT2D eigenvalue weighted by atomic mass is 10.0. The van der Waals surface area contributed by atoms with Crippen molar-refractivity contribution in [1.82, 2.24) is 0 Å². The van der Waals surface area contributed by atoms with Crippen LogP contribution in [0.4, 0.5) is 13.2 Å². The van der Waals surface area contributed by atoms with Crippen molar-refractivity contribution in [1.29, 1.82) is 0 Å². The van der Waals surface area contributed by atoms with Gasteiger partial charge in [0.2, 0.25) is 0 Å². The molecule has 0 fully saturated rings.